The number of nitrogens with zero attached hydrogens (tertiary/aromatic N) is 1. The van der Waals surface area contributed by atoms with Crippen LogP contribution < -0.4 is 0 Å². The summed E-state index contributed by atoms with van der Waals surface area (Å²) >= 11 is 0. The van der Waals surface area contributed by atoms with Gasteiger partial charge in [0, 0.05) is 18.6 Å². The highest BCUT2D eigenvalue weighted by Crippen LogP contribution is 2.34. The summed E-state index contributed by atoms with van der Waals surface area (Å²) in [5, 5.41) is 9.91. The van der Waals surface area contributed by atoms with Gasteiger partial charge in [0.25, 0.3) is 0 Å². The molecule has 2 heteroatoms. The monoisotopic (exact) mass is 197 g/mol. The van der Waals surface area contributed by atoms with Gasteiger partial charge in [0.2, 0.25) is 0 Å². The van der Waals surface area contributed by atoms with Crippen molar-refractivity contribution in [3.8, 4) is 0 Å². The zero-order chi connectivity index (χ0) is 10.1. The Morgan fingerprint density at radius 2 is 1.93 bits per heavy atom. The SMILES string of the molecule is CC(C)CN(C1CC1)[C@H]1CCC[C@@H]1O. The van der Waals surface area contributed by atoms with Crippen LogP contribution in [0.25, 0.3) is 0 Å². The molecule has 0 unspecified atom stereocenters. The standard InChI is InChI=1S/C12H23NO/c1-9(2)8-13(10-6-7-10)11-4-3-5-12(11)14/h9-12,14H,3-8H2,1-2H3/t11-,12-/m0/s1. The van der Waals surface area contributed by atoms with Crippen molar-refractivity contribution in [1.82, 2.24) is 4.90 Å². The summed E-state index contributed by atoms with van der Waals surface area (Å²) in [6.45, 7) is 5.72. The van der Waals surface area contributed by atoms with E-state index in [1.54, 1.807) is 0 Å². The Bertz CT molecular complexity index is 189. The molecule has 2 nitrogen and oxygen atoms in total. The molecule has 0 amide bonds. The van der Waals surface area contributed by atoms with E-state index in [0.717, 1.165) is 18.4 Å². The van der Waals surface area contributed by atoms with Crippen LogP contribution in [0.1, 0.15) is 46.0 Å². The van der Waals surface area contributed by atoms with E-state index in [4.69, 9.17) is 0 Å². The van der Waals surface area contributed by atoms with Crippen molar-refractivity contribution < 1.29 is 5.11 Å². The summed E-state index contributed by atoms with van der Waals surface area (Å²) < 4.78 is 0. The zero-order valence-corrected chi connectivity index (χ0v) is 9.45. The molecule has 0 heterocycles. The highest BCUT2D eigenvalue weighted by molar-refractivity contribution is 4.94. The number of hydrogen-bond acceptors (Lipinski definition) is 2. The van der Waals surface area contributed by atoms with Gasteiger partial charge in [0.1, 0.15) is 0 Å². The molecule has 0 bridgehead atoms. The highest BCUT2D eigenvalue weighted by Gasteiger charge is 2.38. The Balaban J connectivity index is 1.94. The van der Waals surface area contributed by atoms with Gasteiger partial charge in [-0.15, -0.1) is 0 Å². The van der Waals surface area contributed by atoms with Crippen LogP contribution in [0.15, 0.2) is 0 Å². The molecular formula is C12H23NO. The molecule has 0 aromatic heterocycles. The van der Waals surface area contributed by atoms with Gasteiger partial charge in [-0.2, -0.15) is 0 Å². The lowest BCUT2D eigenvalue weighted by atomic mass is 10.1. The van der Waals surface area contributed by atoms with Crippen LogP contribution in [0.2, 0.25) is 0 Å². The van der Waals surface area contributed by atoms with Crippen LogP contribution in [0.4, 0.5) is 0 Å². The second kappa shape index (κ2) is 4.19. The van der Waals surface area contributed by atoms with Gasteiger partial charge >= 0.3 is 0 Å². The smallest absolute Gasteiger partial charge is 0.0695 e. The lowest BCUT2D eigenvalue weighted by Crippen LogP contribution is -2.43. The van der Waals surface area contributed by atoms with E-state index < -0.39 is 0 Å². The van der Waals surface area contributed by atoms with Crippen LogP contribution in [0.3, 0.4) is 0 Å². The fourth-order valence-electron chi connectivity index (χ4n) is 2.69. The quantitative estimate of drug-likeness (QED) is 0.745. The number of aliphatic hydroxyl groups excluding tert-OH is 1. The van der Waals surface area contributed by atoms with Gasteiger partial charge in [0.05, 0.1) is 6.10 Å². The van der Waals surface area contributed by atoms with Gasteiger partial charge in [-0.25, -0.2) is 0 Å². The summed E-state index contributed by atoms with van der Waals surface area (Å²) in [6, 6.07) is 1.28. The normalized spacial score (nSPS) is 33.2. The maximum Gasteiger partial charge on any atom is 0.0695 e. The van der Waals surface area contributed by atoms with Crippen LogP contribution in [-0.4, -0.2) is 34.7 Å². The van der Waals surface area contributed by atoms with Crippen molar-refractivity contribution in [1.29, 1.82) is 0 Å². The molecular weight excluding hydrogens is 174 g/mol. The first-order chi connectivity index (χ1) is 6.68. The Morgan fingerprint density at radius 3 is 2.36 bits per heavy atom. The summed E-state index contributed by atoms with van der Waals surface area (Å²) in [6.07, 6.45) is 6.12. The number of hydrogen-bond donors (Lipinski definition) is 1. The molecule has 2 atom stereocenters. The molecule has 2 fully saturated rings. The Kier molecular flexibility index (Phi) is 3.13. The molecule has 1 N–H and O–H groups in total. The molecule has 0 aromatic carbocycles. The highest BCUT2D eigenvalue weighted by atomic mass is 16.3. The van der Waals surface area contributed by atoms with E-state index in [-0.39, 0.29) is 6.10 Å². The van der Waals surface area contributed by atoms with E-state index >= 15 is 0 Å². The first-order valence-corrected chi connectivity index (χ1v) is 6.12. The number of aliphatic hydroxyl groups is 1. The van der Waals surface area contributed by atoms with E-state index in [2.05, 4.69) is 18.7 Å². The molecule has 0 aliphatic heterocycles. The summed E-state index contributed by atoms with van der Waals surface area (Å²) in [5.74, 6) is 0.725. The Morgan fingerprint density at radius 1 is 1.21 bits per heavy atom. The lowest BCUT2D eigenvalue weighted by Gasteiger charge is -2.32. The van der Waals surface area contributed by atoms with Crippen molar-refractivity contribution in [2.45, 2.75) is 64.1 Å². The average molecular weight is 197 g/mol. The molecule has 2 aliphatic carbocycles. The molecule has 0 spiro atoms. The van der Waals surface area contributed by atoms with Gasteiger partial charge in [0.15, 0.2) is 0 Å². The summed E-state index contributed by atoms with van der Waals surface area (Å²) in [5.41, 5.74) is 0. The second-order valence-electron chi connectivity index (χ2n) is 5.39. The van der Waals surface area contributed by atoms with E-state index in [1.807, 2.05) is 0 Å². The van der Waals surface area contributed by atoms with Crippen molar-refractivity contribution in [2.75, 3.05) is 6.54 Å². The molecule has 14 heavy (non-hydrogen) atoms. The van der Waals surface area contributed by atoms with Crippen LogP contribution in [0.5, 0.6) is 0 Å². The minimum absolute atomic E-state index is 0.0469. The van der Waals surface area contributed by atoms with Gasteiger partial charge in [-0.1, -0.05) is 13.8 Å². The van der Waals surface area contributed by atoms with Crippen LogP contribution in [0, 0.1) is 5.92 Å². The summed E-state index contributed by atoms with van der Waals surface area (Å²) in [4.78, 5) is 2.59. The topological polar surface area (TPSA) is 23.5 Å². The molecule has 82 valence electrons. The molecule has 0 saturated heterocycles. The first kappa shape index (κ1) is 10.4. The molecule has 2 saturated carbocycles. The van der Waals surface area contributed by atoms with Crippen LogP contribution in [-0.2, 0) is 0 Å². The van der Waals surface area contributed by atoms with Gasteiger partial charge < -0.3 is 5.11 Å². The van der Waals surface area contributed by atoms with Gasteiger partial charge in [-0.05, 0) is 38.0 Å². The third-order valence-corrected chi connectivity index (χ3v) is 3.46. The van der Waals surface area contributed by atoms with E-state index in [1.165, 1.54) is 32.2 Å². The van der Waals surface area contributed by atoms with Crippen molar-refractivity contribution in [3.63, 3.8) is 0 Å². The Hall–Kier alpha value is -0.0800. The molecule has 2 rings (SSSR count). The molecule has 2 aliphatic rings. The Labute approximate surface area is 87.3 Å². The molecule has 0 radical (unpaired) electrons. The predicted molar refractivity (Wildman–Crippen MR) is 58.2 cm³/mol. The minimum Gasteiger partial charge on any atom is -0.391 e. The second-order valence-corrected chi connectivity index (χ2v) is 5.39. The van der Waals surface area contributed by atoms with Crippen molar-refractivity contribution in [2.24, 2.45) is 5.92 Å². The zero-order valence-electron chi connectivity index (χ0n) is 9.45. The fraction of sp³-hybridized carbons (Fsp3) is 1.00. The van der Waals surface area contributed by atoms with Gasteiger partial charge in [-0.3, -0.25) is 4.90 Å². The third kappa shape index (κ3) is 2.29. The summed E-state index contributed by atoms with van der Waals surface area (Å²) in [7, 11) is 0. The minimum atomic E-state index is -0.0469. The van der Waals surface area contributed by atoms with E-state index in [0.29, 0.717) is 6.04 Å². The largest absolute Gasteiger partial charge is 0.391 e. The van der Waals surface area contributed by atoms with E-state index in [9.17, 15) is 5.11 Å². The molecule has 0 aromatic rings. The maximum atomic E-state index is 9.91. The van der Waals surface area contributed by atoms with Crippen molar-refractivity contribution in [3.05, 3.63) is 0 Å². The third-order valence-electron chi connectivity index (χ3n) is 3.46. The fourth-order valence-corrected chi connectivity index (χ4v) is 2.69. The van der Waals surface area contributed by atoms with Crippen LogP contribution >= 0.6 is 0 Å². The first-order valence-electron chi connectivity index (χ1n) is 6.12. The maximum absolute atomic E-state index is 9.91. The number of rotatable bonds is 4. The lowest BCUT2D eigenvalue weighted by molar-refractivity contribution is 0.0582. The van der Waals surface area contributed by atoms with Crippen molar-refractivity contribution >= 4 is 0 Å². The average Bonchev–Trinajstić information content (AvgIpc) is 2.86. The predicted octanol–water partition coefficient (Wildman–Crippen LogP) is 2.02.